The number of rotatable bonds is 9. The van der Waals surface area contributed by atoms with Crippen LogP contribution in [-0.4, -0.2) is 108 Å². The Hall–Kier alpha value is -7.31. The van der Waals surface area contributed by atoms with E-state index in [0.717, 1.165) is 11.1 Å². The second-order valence-corrected chi connectivity index (χ2v) is 13.5. The van der Waals surface area contributed by atoms with Gasteiger partial charge >= 0.3 is 11.9 Å². The molecular formula is C43H51ClN10O10. The van der Waals surface area contributed by atoms with Gasteiger partial charge in [0.1, 0.15) is 17.1 Å². The van der Waals surface area contributed by atoms with Gasteiger partial charge in [0.15, 0.2) is 5.69 Å². The van der Waals surface area contributed by atoms with Gasteiger partial charge in [-0.25, -0.2) is 21.0 Å². The number of ether oxygens (including phenoxy) is 2. The molecule has 0 aliphatic carbocycles. The molecular weight excluding hydrogens is 852 g/mol. The van der Waals surface area contributed by atoms with Gasteiger partial charge in [-0.15, -0.1) is 12.4 Å². The molecule has 0 atom stereocenters. The molecule has 3 aromatic heterocycles. The Balaban J connectivity index is 0.000000244. The normalized spacial score (nSPS) is 12.9. The van der Waals surface area contributed by atoms with Gasteiger partial charge < -0.3 is 38.9 Å². The van der Waals surface area contributed by atoms with Crippen molar-refractivity contribution in [3.05, 3.63) is 136 Å². The summed E-state index contributed by atoms with van der Waals surface area (Å²) < 4.78 is 14.9. The molecule has 8 rings (SSSR count). The lowest BCUT2D eigenvalue weighted by Crippen LogP contribution is -2.39. The van der Waals surface area contributed by atoms with E-state index < -0.39 is 11.9 Å². The molecule has 20 nitrogen and oxygen atoms in total. The summed E-state index contributed by atoms with van der Waals surface area (Å²) in [5.74, 6) is 1.65. The molecule has 5 aromatic rings. The van der Waals surface area contributed by atoms with Crippen molar-refractivity contribution in [3.8, 4) is 6.07 Å². The highest BCUT2D eigenvalue weighted by Gasteiger charge is 2.28. The molecule has 0 spiro atoms. The predicted molar refractivity (Wildman–Crippen MR) is 231 cm³/mol. The molecule has 0 saturated carbocycles. The summed E-state index contributed by atoms with van der Waals surface area (Å²) in [6.07, 6.45) is 3.28. The highest BCUT2D eigenvalue weighted by Crippen LogP contribution is 2.20. The lowest BCUT2D eigenvalue weighted by atomic mass is 10.2. The monoisotopic (exact) mass is 902 g/mol. The van der Waals surface area contributed by atoms with E-state index in [2.05, 4.69) is 16.3 Å². The number of hydrogen-bond acceptors (Lipinski definition) is 13. The van der Waals surface area contributed by atoms with Crippen molar-refractivity contribution < 1.29 is 48.7 Å². The number of nitrogens with two attached hydrogens (primary N) is 1. The number of carbonyl (C=O) groups is 6. The van der Waals surface area contributed by atoms with Gasteiger partial charge in [0, 0.05) is 71.2 Å². The molecule has 0 saturated heterocycles. The van der Waals surface area contributed by atoms with Gasteiger partial charge in [0.25, 0.3) is 23.6 Å². The quantitative estimate of drug-likeness (QED) is 0.0804. The summed E-state index contributed by atoms with van der Waals surface area (Å²) in [6, 6.07) is 26.0. The number of carbonyl (C=O) groups excluding carboxylic acids is 6. The maximum atomic E-state index is 12.6. The van der Waals surface area contributed by atoms with Gasteiger partial charge in [0.05, 0.1) is 37.0 Å². The average molecular weight is 903 g/mol. The summed E-state index contributed by atoms with van der Waals surface area (Å²) in [4.78, 5) is 74.5. The molecule has 6 N–H and O–H groups in total. The van der Waals surface area contributed by atoms with E-state index in [9.17, 15) is 28.8 Å². The first-order chi connectivity index (χ1) is 30.5. The number of halogens is 1. The third kappa shape index (κ3) is 13.3. The largest absolute Gasteiger partial charge is 0.462 e. The Morgan fingerprint density at radius 2 is 1.22 bits per heavy atom. The van der Waals surface area contributed by atoms with Crippen molar-refractivity contribution in [2.24, 2.45) is 5.90 Å². The fourth-order valence-electron chi connectivity index (χ4n) is 6.60. The number of esters is 2. The van der Waals surface area contributed by atoms with E-state index in [1.165, 1.54) is 23.7 Å². The first-order valence-corrected chi connectivity index (χ1v) is 19.8. The molecule has 21 heteroatoms. The molecule has 6 heterocycles. The Morgan fingerprint density at radius 3 is 1.69 bits per heavy atom. The number of amides is 4. The maximum Gasteiger partial charge on any atom is 0.358 e. The van der Waals surface area contributed by atoms with Crippen LogP contribution in [0.15, 0.2) is 91.3 Å². The SMILES string of the molecule is CC#N.CCOC(=O)c1cc2n(c1)CCN(Cc1ccccc1)C2=O.CCOC(=O)c1cc2n(n1)CCNC2=O.Cl.NO.O=C(NO)c1cc2n(c1)CCN(Cc1ccccc1)C2=O. The van der Waals surface area contributed by atoms with Crippen LogP contribution in [-0.2, 0) is 42.2 Å². The number of aromatic nitrogens is 4. The van der Waals surface area contributed by atoms with Crippen LogP contribution >= 0.6 is 12.4 Å². The van der Waals surface area contributed by atoms with E-state index in [1.807, 2.05) is 65.2 Å². The second kappa shape index (κ2) is 25.6. The zero-order chi connectivity index (χ0) is 45.9. The summed E-state index contributed by atoms with van der Waals surface area (Å²) in [5, 5.41) is 29.1. The molecule has 64 heavy (non-hydrogen) atoms. The van der Waals surface area contributed by atoms with Crippen molar-refractivity contribution in [2.45, 2.75) is 53.5 Å². The third-order valence-electron chi connectivity index (χ3n) is 9.44. The summed E-state index contributed by atoms with van der Waals surface area (Å²) >= 11 is 0. The van der Waals surface area contributed by atoms with Crippen molar-refractivity contribution >= 4 is 48.0 Å². The van der Waals surface area contributed by atoms with Crippen molar-refractivity contribution in [2.75, 3.05) is 32.8 Å². The van der Waals surface area contributed by atoms with Gasteiger partial charge in [-0.05, 0) is 37.1 Å². The maximum absolute atomic E-state index is 12.6. The molecule has 0 bridgehead atoms. The summed E-state index contributed by atoms with van der Waals surface area (Å²) in [6.45, 7) is 10.3. The lowest BCUT2D eigenvalue weighted by molar-refractivity contribution is 0.0512. The van der Waals surface area contributed by atoms with Crippen LogP contribution in [0.25, 0.3) is 0 Å². The fourth-order valence-corrected chi connectivity index (χ4v) is 6.60. The molecule has 340 valence electrons. The predicted octanol–water partition coefficient (Wildman–Crippen LogP) is 3.67. The van der Waals surface area contributed by atoms with Crippen LogP contribution < -0.4 is 16.7 Å². The zero-order valence-corrected chi connectivity index (χ0v) is 36.3. The van der Waals surface area contributed by atoms with E-state index >= 15 is 0 Å². The molecule has 0 fully saturated rings. The fraction of sp³-hybridized carbons (Fsp3) is 0.302. The second-order valence-electron chi connectivity index (χ2n) is 13.5. The lowest BCUT2D eigenvalue weighted by Gasteiger charge is -2.28. The van der Waals surface area contributed by atoms with Crippen molar-refractivity contribution in [1.29, 1.82) is 5.26 Å². The van der Waals surface area contributed by atoms with Crippen molar-refractivity contribution in [3.63, 3.8) is 0 Å². The van der Waals surface area contributed by atoms with Gasteiger partial charge in [-0.1, -0.05) is 60.7 Å². The minimum Gasteiger partial charge on any atom is -0.462 e. The smallest absolute Gasteiger partial charge is 0.358 e. The summed E-state index contributed by atoms with van der Waals surface area (Å²) in [7, 11) is 0. The molecule has 0 radical (unpaired) electrons. The first kappa shape index (κ1) is 51.0. The van der Waals surface area contributed by atoms with Crippen molar-refractivity contribution in [1.82, 2.24) is 39.5 Å². The topological polar surface area (TPSA) is 269 Å². The standard InChI is InChI=1S/C17H18N2O3.C15H15N3O3.C9H11N3O3.C2H3N.ClH.H3NO/c1-2-22-17(21)14-10-15-16(20)19(9-8-18(15)12-14)11-13-6-4-3-5-7-13;19-14(16-21)12-8-13-15(20)18(7-6-17(13)10-12)9-11-4-2-1-3-5-11;1-2-15-9(14)6-5-7-8(13)10-3-4-12(7)11-6;1-2-3;;1-2/h3-7,10,12H,2,8-9,11H2,1H3;1-5,8,10,21H,6-7,9H2,(H,16,19);5H,2-4H2,1H3,(H,10,13);1H3;1H;2H,1H2. The number of fused-ring (bicyclic) bond motifs is 3. The number of nitrogens with one attached hydrogen (secondary N) is 2. The van der Waals surface area contributed by atoms with E-state index in [0.29, 0.717) is 88.2 Å². The van der Waals surface area contributed by atoms with Gasteiger partial charge in [-0.2, -0.15) is 10.4 Å². The van der Waals surface area contributed by atoms with Gasteiger partial charge in [-0.3, -0.25) is 29.1 Å². The van der Waals surface area contributed by atoms with Crippen LogP contribution in [0.5, 0.6) is 0 Å². The van der Waals surface area contributed by atoms with Crippen LogP contribution in [0.3, 0.4) is 0 Å². The van der Waals surface area contributed by atoms with Crippen LogP contribution in [0, 0.1) is 11.3 Å². The number of hydrogen-bond donors (Lipinski definition) is 5. The highest BCUT2D eigenvalue weighted by molar-refractivity contribution is 6.00. The van der Waals surface area contributed by atoms with E-state index in [-0.39, 0.29) is 47.4 Å². The molecule has 4 amide bonds. The minimum absolute atomic E-state index is 0. The Labute approximate surface area is 375 Å². The Kier molecular flexibility index (Phi) is 20.4. The average Bonchev–Trinajstić information content (AvgIpc) is 4.07. The molecule has 0 unspecified atom stereocenters. The van der Waals surface area contributed by atoms with E-state index in [1.54, 1.807) is 58.2 Å². The molecule has 2 aromatic carbocycles. The summed E-state index contributed by atoms with van der Waals surface area (Å²) in [5.41, 5.74) is 6.07. The number of benzene rings is 2. The highest BCUT2D eigenvalue weighted by atomic mass is 35.5. The molecule has 3 aliphatic heterocycles. The number of hydroxylamine groups is 1. The Bertz CT molecular complexity index is 2390. The van der Waals surface area contributed by atoms with Crippen LogP contribution in [0.1, 0.15) is 94.6 Å². The first-order valence-electron chi connectivity index (χ1n) is 19.8. The Morgan fingerprint density at radius 1 is 0.750 bits per heavy atom. The van der Waals surface area contributed by atoms with E-state index in [4.69, 9.17) is 25.2 Å². The molecule has 3 aliphatic rings. The minimum atomic E-state index is -0.612. The zero-order valence-electron chi connectivity index (χ0n) is 35.5. The van der Waals surface area contributed by atoms with Crippen LogP contribution in [0.2, 0.25) is 0 Å². The number of nitrogens with zero attached hydrogens (tertiary/aromatic N) is 7. The van der Waals surface area contributed by atoms with Gasteiger partial charge in [0.2, 0.25) is 0 Å². The number of nitriles is 1. The van der Waals surface area contributed by atoms with Crippen LogP contribution in [0.4, 0.5) is 0 Å². The third-order valence-corrected chi connectivity index (χ3v) is 9.44.